The lowest BCUT2D eigenvalue weighted by molar-refractivity contribution is -0.147. The molecule has 1 saturated carbocycles. The molecule has 6 heteroatoms. The first kappa shape index (κ1) is 14.6. The Labute approximate surface area is 128 Å². The molecule has 5 nitrogen and oxygen atoms in total. The van der Waals surface area contributed by atoms with Gasteiger partial charge in [0, 0.05) is 56.2 Å². The van der Waals surface area contributed by atoms with Crippen molar-refractivity contribution in [3.63, 3.8) is 0 Å². The van der Waals surface area contributed by atoms with Crippen molar-refractivity contribution in [2.24, 2.45) is 0 Å². The number of hydrogen-bond acceptors (Lipinski definition) is 4. The van der Waals surface area contributed by atoms with E-state index >= 15 is 0 Å². The minimum atomic E-state index is -1.04. The third kappa shape index (κ3) is 3.31. The first-order valence-electron chi connectivity index (χ1n) is 7.23. The van der Waals surface area contributed by atoms with Gasteiger partial charge in [-0.2, -0.15) is 0 Å². The summed E-state index contributed by atoms with van der Waals surface area (Å²) in [5, 5.41) is 13.2. The summed E-state index contributed by atoms with van der Waals surface area (Å²) in [7, 11) is 0. The van der Waals surface area contributed by atoms with Gasteiger partial charge in [-0.3, -0.25) is 4.90 Å². The average Bonchev–Trinajstić information content (AvgIpc) is 3.24. The van der Waals surface area contributed by atoms with E-state index in [2.05, 4.69) is 10.2 Å². The van der Waals surface area contributed by atoms with Crippen LogP contribution in [0.25, 0.3) is 0 Å². The molecule has 21 heavy (non-hydrogen) atoms. The molecule has 0 unspecified atom stereocenters. The number of rotatable bonds is 5. The second-order valence-corrected chi connectivity index (χ2v) is 6.12. The summed E-state index contributed by atoms with van der Waals surface area (Å²) in [4.78, 5) is 13.6. The summed E-state index contributed by atoms with van der Waals surface area (Å²) < 4.78 is 5.80. The third-order valence-electron chi connectivity index (χ3n) is 4.03. The highest BCUT2D eigenvalue weighted by molar-refractivity contribution is 6.30. The smallest absolute Gasteiger partial charge is 0.348 e. The van der Waals surface area contributed by atoms with Crippen LogP contribution in [0.3, 0.4) is 0 Å². The lowest BCUT2D eigenvalue weighted by atomic mass is 10.1. The Morgan fingerprint density at radius 1 is 1.38 bits per heavy atom. The molecular formula is C15H19ClN2O3. The van der Waals surface area contributed by atoms with E-state index in [1.807, 2.05) is 12.1 Å². The molecule has 0 bridgehead atoms. The molecule has 0 atom stereocenters. The Morgan fingerprint density at radius 3 is 2.71 bits per heavy atom. The minimum Gasteiger partial charge on any atom is -0.478 e. The zero-order valence-corrected chi connectivity index (χ0v) is 12.5. The molecule has 0 amide bonds. The number of benzene rings is 1. The number of ether oxygens (including phenoxy) is 1. The van der Waals surface area contributed by atoms with E-state index < -0.39 is 11.6 Å². The molecule has 1 aromatic carbocycles. The van der Waals surface area contributed by atoms with Gasteiger partial charge in [-0.05, 0) is 12.1 Å². The molecule has 0 radical (unpaired) electrons. The Kier molecular flexibility index (Phi) is 4.06. The van der Waals surface area contributed by atoms with Crippen LogP contribution in [0.15, 0.2) is 18.2 Å². The van der Waals surface area contributed by atoms with E-state index in [1.165, 1.54) is 0 Å². The second kappa shape index (κ2) is 5.83. The molecule has 0 aromatic heterocycles. The molecule has 1 saturated heterocycles. The highest BCUT2D eigenvalue weighted by Crippen LogP contribution is 2.42. The Balaban J connectivity index is 1.78. The van der Waals surface area contributed by atoms with Crippen molar-refractivity contribution >= 4 is 17.6 Å². The molecule has 114 valence electrons. The topological polar surface area (TPSA) is 61.8 Å². The van der Waals surface area contributed by atoms with Crippen LogP contribution in [0, 0.1) is 0 Å². The number of aliphatic carboxylic acids is 1. The van der Waals surface area contributed by atoms with Gasteiger partial charge in [-0.15, -0.1) is 0 Å². The van der Waals surface area contributed by atoms with Crippen molar-refractivity contribution in [3.8, 4) is 5.75 Å². The molecule has 2 fully saturated rings. The Bertz CT molecular complexity index is 540. The molecule has 1 aliphatic heterocycles. The number of hydrogen-bond donors (Lipinski definition) is 2. The maximum atomic E-state index is 11.3. The Morgan fingerprint density at radius 2 is 2.10 bits per heavy atom. The number of carbonyl (C=O) groups is 1. The van der Waals surface area contributed by atoms with Gasteiger partial charge < -0.3 is 15.2 Å². The number of nitrogens with zero attached hydrogens (tertiary/aromatic N) is 1. The predicted octanol–water partition coefficient (Wildman–Crippen LogP) is 1.74. The van der Waals surface area contributed by atoms with Gasteiger partial charge in [-0.25, -0.2) is 4.79 Å². The second-order valence-electron chi connectivity index (χ2n) is 5.68. The first-order chi connectivity index (χ1) is 10.1. The van der Waals surface area contributed by atoms with E-state index in [0.717, 1.165) is 38.3 Å². The average molecular weight is 311 g/mol. The van der Waals surface area contributed by atoms with Crippen LogP contribution in [0.2, 0.25) is 5.02 Å². The zero-order valence-electron chi connectivity index (χ0n) is 11.8. The molecule has 2 N–H and O–H groups in total. The van der Waals surface area contributed by atoms with Gasteiger partial charge in [-0.1, -0.05) is 17.7 Å². The van der Waals surface area contributed by atoms with Crippen molar-refractivity contribution in [1.29, 1.82) is 0 Å². The van der Waals surface area contributed by atoms with Crippen LogP contribution in [-0.2, 0) is 11.3 Å². The number of halogens is 1. The van der Waals surface area contributed by atoms with Gasteiger partial charge >= 0.3 is 5.97 Å². The zero-order chi connectivity index (χ0) is 14.9. The van der Waals surface area contributed by atoms with Crippen molar-refractivity contribution in [2.75, 3.05) is 26.2 Å². The maximum Gasteiger partial charge on any atom is 0.348 e. The molecule has 0 spiro atoms. The van der Waals surface area contributed by atoms with Gasteiger partial charge in [0.2, 0.25) is 5.60 Å². The molecule has 1 aliphatic carbocycles. The van der Waals surface area contributed by atoms with Crippen LogP contribution >= 0.6 is 11.6 Å². The van der Waals surface area contributed by atoms with E-state index in [4.69, 9.17) is 16.3 Å². The molecule has 3 rings (SSSR count). The van der Waals surface area contributed by atoms with E-state index in [9.17, 15) is 9.90 Å². The standard InChI is InChI=1S/C15H19ClN2O3/c16-12-2-1-11(10-18-7-5-17-6-8-18)13(9-12)21-15(3-4-15)14(19)20/h1-2,9,17H,3-8,10H2,(H,19,20). The maximum absolute atomic E-state index is 11.3. The van der Waals surface area contributed by atoms with Crippen LogP contribution in [-0.4, -0.2) is 47.8 Å². The summed E-state index contributed by atoms with van der Waals surface area (Å²) in [6.07, 6.45) is 1.11. The van der Waals surface area contributed by atoms with Crippen molar-refractivity contribution in [3.05, 3.63) is 28.8 Å². The van der Waals surface area contributed by atoms with Crippen molar-refractivity contribution in [2.45, 2.75) is 25.0 Å². The fourth-order valence-corrected chi connectivity index (χ4v) is 2.71. The minimum absolute atomic E-state index is 0.557. The first-order valence-corrected chi connectivity index (χ1v) is 7.61. The monoisotopic (exact) mass is 310 g/mol. The van der Waals surface area contributed by atoms with E-state index in [0.29, 0.717) is 23.6 Å². The lowest BCUT2D eigenvalue weighted by Crippen LogP contribution is -2.43. The number of carboxylic acids is 1. The van der Waals surface area contributed by atoms with Crippen LogP contribution < -0.4 is 10.1 Å². The van der Waals surface area contributed by atoms with Gasteiger partial charge in [0.25, 0.3) is 0 Å². The summed E-state index contributed by atoms with van der Waals surface area (Å²) in [6.45, 7) is 4.66. The summed E-state index contributed by atoms with van der Waals surface area (Å²) in [6, 6.07) is 5.48. The lowest BCUT2D eigenvalue weighted by Gasteiger charge is -2.28. The van der Waals surface area contributed by atoms with E-state index in [1.54, 1.807) is 6.07 Å². The van der Waals surface area contributed by atoms with Gasteiger partial charge in [0.1, 0.15) is 5.75 Å². The fraction of sp³-hybridized carbons (Fsp3) is 0.533. The van der Waals surface area contributed by atoms with Gasteiger partial charge in [0.05, 0.1) is 0 Å². The normalized spacial score (nSPS) is 21.0. The summed E-state index contributed by atoms with van der Waals surface area (Å²) in [5.74, 6) is -0.295. The fourth-order valence-electron chi connectivity index (χ4n) is 2.55. The Hall–Kier alpha value is -1.30. The van der Waals surface area contributed by atoms with Gasteiger partial charge in [0.15, 0.2) is 0 Å². The largest absolute Gasteiger partial charge is 0.478 e. The van der Waals surface area contributed by atoms with Crippen molar-refractivity contribution in [1.82, 2.24) is 10.2 Å². The predicted molar refractivity (Wildman–Crippen MR) is 79.8 cm³/mol. The highest BCUT2D eigenvalue weighted by atomic mass is 35.5. The molecule has 1 aromatic rings. The molecule has 1 heterocycles. The van der Waals surface area contributed by atoms with Crippen LogP contribution in [0.5, 0.6) is 5.75 Å². The van der Waals surface area contributed by atoms with Crippen LogP contribution in [0.1, 0.15) is 18.4 Å². The van der Waals surface area contributed by atoms with Crippen LogP contribution in [0.4, 0.5) is 0 Å². The molecule has 2 aliphatic rings. The van der Waals surface area contributed by atoms with Crippen molar-refractivity contribution < 1.29 is 14.6 Å². The number of carboxylic acid groups (broad SMARTS) is 1. The third-order valence-corrected chi connectivity index (χ3v) is 4.27. The summed E-state index contributed by atoms with van der Waals surface area (Å²) >= 11 is 6.04. The molecular weight excluding hydrogens is 292 g/mol. The van der Waals surface area contributed by atoms with E-state index in [-0.39, 0.29) is 0 Å². The summed E-state index contributed by atoms with van der Waals surface area (Å²) in [5.41, 5.74) is -0.0445. The SMILES string of the molecule is O=C(O)C1(Oc2cc(Cl)ccc2CN2CCNCC2)CC1. The number of piperazine rings is 1. The highest BCUT2D eigenvalue weighted by Gasteiger charge is 2.53. The quantitative estimate of drug-likeness (QED) is 0.867. The number of nitrogens with one attached hydrogen (secondary N) is 1.